The van der Waals surface area contributed by atoms with E-state index in [2.05, 4.69) is 17.9 Å². The average Bonchev–Trinajstić information content (AvgIpc) is 3.56. The van der Waals surface area contributed by atoms with E-state index in [4.69, 9.17) is 5.73 Å². The Kier molecular flexibility index (Phi) is 11.6. The Bertz CT molecular complexity index is 612. The van der Waals surface area contributed by atoms with Gasteiger partial charge in [0.1, 0.15) is 0 Å². The van der Waals surface area contributed by atoms with E-state index in [1.807, 2.05) is 44.7 Å². The number of primary amides is 1. The summed E-state index contributed by atoms with van der Waals surface area (Å²) in [5.74, 6) is 0.349. The normalized spacial score (nSPS) is 21.1. The molecule has 29 heavy (non-hydrogen) atoms. The van der Waals surface area contributed by atoms with Gasteiger partial charge in [-0.25, -0.2) is 0 Å². The van der Waals surface area contributed by atoms with Crippen LogP contribution in [-0.2, 0) is 4.79 Å². The van der Waals surface area contributed by atoms with Gasteiger partial charge in [-0.15, -0.1) is 0 Å². The van der Waals surface area contributed by atoms with Gasteiger partial charge in [0, 0.05) is 37.3 Å². The zero-order chi connectivity index (χ0) is 21.8. The Morgan fingerprint density at radius 1 is 1.07 bits per heavy atom. The molecular weight excluding hydrogens is 362 g/mol. The highest BCUT2D eigenvalue weighted by Crippen LogP contribution is 2.40. The number of nitrogens with two attached hydrogens (primary N) is 1. The van der Waals surface area contributed by atoms with Gasteiger partial charge >= 0.3 is 0 Å². The lowest BCUT2D eigenvalue weighted by Crippen LogP contribution is -2.55. The molecule has 0 radical (unpaired) electrons. The molecule has 3 fully saturated rings. The lowest BCUT2D eigenvalue weighted by Gasteiger charge is -2.44. The van der Waals surface area contributed by atoms with Crippen LogP contribution in [0.3, 0.4) is 0 Å². The van der Waals surface area contributed by atoms with E-state index in [-0.39, 0.29) is 5.91 Å². The summed E-state index contributed by atoms with van der Waals surface area (Å²) in [6.45, 7) is 13.2. The fourth-order valence-corrected chi connectivity index (χ4v) is 3.60. The van der Waals surface area contributed by atoms with Crippen LogP contribution in [0.1, 0.15) is 88.6 Å². The Hall–Kier alpha value is -1.88. The standard InChI is InChI=1S/C10H18N2O.C10H11NO.2C2H6/c1-9-7-11(10-3-2-4-10)5-6-12(9)8-13;11-10(12)9-3-1-2-8(6-9)7-4-5-7;2*1-2/h8-10H,2-7H2,1H3;1-3,6-7H,4-5H2,(H2,11,12);2*1-2H3/t9-;;;/m0.../s1. The van der Waals surface area contributed by atoms with Crippen LogP contribution in [-0.4, -0.2) is 53.8 Å². The molecule has 1 saturated heterocycles. The summed E-state index contributed by atoms with van der Waals surface area (Å²) < 4.78 is 0. The molecule has 0 spiro atoms. The van der Waals surface area contributed by atoms with E-state index in [9.17, 15) is 9.59 Å². The fourth-order valence-electron chi connectivity index (χ4n) is 3.60. The third-order valence-corrected chi connectivity index (χ3v) is 5.66. The van der Waals surface area contributed by atoms with E-state index in [1.165, 1.54) is 37.7 Å². The van der Waals surface area contributed by atoms with Gasteiger partial charge in [-0.1, -0.05) is 46.2 Å². The molecule has 0 unspecified atom stereocenters. The summed E-state index contributed by atoms with van der Waals surface area (Å²) in [7, 11) is 0. The van der Waals surface area contributed by atoms with Gasteiger partial charge in [-0.2, -0.15) is 0 Å². The van der Waals surface area contributed by atoms with Crippen LogP contribution in [0, 0.1) is 0 Å². The van der Waals surface area contributed by atoms with Crippen molar-refractivity contribution in [2.24, 2.45) is 5.73 Å². The minimum atomic E-state index is -0.336. The quantitative estimate of drug-likeness (QED) is 0.757. The Balaban J connectivity index is 0.000000248. The molecule has 3 aliphatic rings. The van der Waals surface area contributed by atoms with Gasteiger partial charge in [0.05, 0.1) is 0 Å². The van der Waals surface area contributed by atoms with E-state index in [0.717, 1.165) is 32.1 Å². The third kappa shape index (κ3) is 7.81. The second-order valence-corrected chi connectivity index (χ2v) is 7.54. The number of amides is 2. The molecule has 0 aromatic heterocycles. The highest BCUT2D eigenvalue weighted by atomic mass is 16.1. The van der Waals surface area contributed by atoms with Crippen molar-refractivity contribution in [3.05, 3.63) is 35.4 Å². The molecule has 1 aliphatic heterocycles. The van der Waals surface area contributed by atoms with Gasteiger partial charge in [0.2, 0.25) is 12.3 Å². The first-order valence-electron chi connectivity index (χ1n) is 11.4. The molecule has 2 amide bonds. The van der Waals surface area contributed by atoms with E-state index in [1.54, 1.807) is 6.07 Å². The molecule has 2 saturated carbocycles. The molecule has 164 valence electrons. The van der Waals surface area contributed by atoms with Crippen molar-refractivity contribution in [2.45, 2.75) is 84.7 Å². The number of hydrogen-bond donors (Lipinski definition) is 1. The molecular formula is C24H41N3O2. The first kappa shape index (κ1) is 25.2. The number of carbonyl (C=O) groups is 2. The van der Waals surface area contributed by atoms with E-state index < -0.39 is 0 Å². The van der Waals surface area contributed by atoms with Crippen molar-refractivity contribution in [1.82, 2.24) is 9.80 Å². The van der Waals surface area contributed by atoms with Gasteiger partial charge in [-0.05, 0) is 56.2 Å². The second kappa shape index (κ2) is 13.4. The van der Waals surface area contributed by atoms with Crippen LogP contribution < -0.4 is 5.73 Å². The molecule has 2 N–H and O–H groups in total. The Morgan fingerprint density at radius 2 is 1.72 bits per heavy atom. The van der Waals surface area contributed by atoms with Crippen molar-refractivity contribution >= 4 is 12.3 Å². The van der Waals surface area contributed by atoms with Crippen LogP contribution in [0.15, 0.2) is 24.3 Å². The maximum atomic E-state index is 10.8. The summed E-state index contributed by atoms with van der Waals surface area (Å²) in [5, 5.41) is 0. The first-order chi connectivity index (χ1) is 14.1. The average molecular weight is 404 g/mol. The van der Waals surface area contributed by atoms with Gasteiger partial charge < -0.3 is 10.6 Å². The van der Waals surface area contributed by atoms with Crippen molar-refractivity contribution in [3.8, 4) is 0 Å². The molecule has 1 atom stereocenters. The predicted octanol–water partition coefficient (Wildman–Crippen LogP) is 4.42. The molecule has 1 aromatic carbocycles. The monoisotopic (exact) mass is 403 g/mol. The maximum absolute atomic E-state index is 10.8. The van der Waals surface area contributed by atoms with Crippen LogP contribution in [0.4, 0.5) is 0 Å². The second-order valence-electron chi connectivity index (χ2n) is 7.54. The van der Waals surface area contributed by atoms with Crippen molar-refractivity contribution in [1.29, 1.82) is 0 Å². The number of benzene rings is 1. The fraction of sp³-hybridized carbons (Fsp3) is 0.667. The summed E-state index contributed by atoms with van der Waals surface area (Å²) in [6.07, 6.45) is 7.63. The topological polar surface area (TPSA) is 66.6 Å². The summed E-state index contributed by atoms with van der Waals surface area (Å²) in [5.41, 5.74) is 7.04. The zero-order valence-corrected chi connectivity index (χ0v) is 19.1. The van der Waals surface area contributed by atoms with Gasteiger partial charge in [-0.3, -0.25) is 14.5 Å². The summed E-state index contributed by atoms with van der Waals surface area (Å²) >= 11 is 0. The lowest BCUT2D eigenvalue weighted by atomic mass is 9.90. The summed E-state index contributed by atoms with van der Waals surface area (Å²) in [6, 6.07) is 8.86. The van der Waals surface area contributed by atoms with Gasteiger partial charge in [0.15, 0.2) is 0 Å². The van der Waals surface area contributed by atoms with Crippen molar-refractivity contribution < 1.29 is 9.59 Å². The Labute approximate surface area is 177 Å². The maximum Gasteiger partial charge on any atom is 0.248 e. The molecule has 0 bridgehead atoms. The molecule has 1 aromatic rings. The van der Waals surface area contributed by atoms with Crippen LogP contribution >= 0.6 is 0 Å². The number of piperazine rings is 1. The molecule has 1 heterocycles. The Morgan fingerprint density at radius 3 is 2.17 bits per heavy atom. The molecule has 2 aliphatic carbocycles. The van der Waals surface area contributed by atoms with Crippen LogP contribution in [0.5, 0.6) is 0 Å². The number of rotatable bonds is 4. The van der Waals surface area contributed by atoms with Gasteiger partial charge in [0.25, 0.3) is 0 Å². The van der Waals surface area contributed by atoms with E-state index in [0.29, 0.717) is 17.5 Å². The number of carbonyl (C=O) groups excluding carboxylic acids is 2. The van der Waals surface area contributed by atoms with E-state index >= 15 is 0 Å². The minimum Gasteiger partial charge on any atom is -0.366 e. The van der Waals surface area contributed by atoms with Crippen molar-refractivity contribution in [2.75, 3.05) is 19.6 Å². The SMILES string of the molecule is CC.CC.C[C@H]1CN(C2CCC2)CCN1C=O.NC(=O)c1cccc(C2CC2)c1. The predicted molar refractivity (Wildman–Crippen MR) is 121 cm³/mol. The first-order valence-corrected chi connectivity index (χ1v) is 11.4. The smallest absolute Gasteiger partial charge is 0.248 e. The van der Waals surface area contributed by atoms with Crippen LogP contribution in [0.2, 0.25) is 0 Å². The molecule has 5 heteroatoms. The lowest BCUT2D eigenvalue weighted by molar-refractivity contribution is -0.123. The number of nitrogens with zero attached hydrogens (tertiary/aromatic N) is 2. The summed E-state index contributed by atoms with van der Waals surface area (Å²) in [4.78, 5) is 25.9. The molecule has 5 nitrogen and oxygen atoms in total. The van der Waals surface area contributed by atoms with Crippen molar-refractivity contribution in [3.63, 3.8) is 0 Å². The zero-order valence-electron chi connectivity index (χ0n) is 19.1. The minimum absolute atomic E-state index is 0.336. The highest BCUT2D eigenvalue weighted by Gasteiger charge is 2.30. The highest BCUT2D eigenvalue weighted by molar-refractivity contribution is 5.92. The third-order valence-electron chi connectivity index (χ3n) is 5.66. The molecule has 4 rings (SSSR count). The number of hydrogen-bond acceptors (Lipinski definition) is 3. The van der Waals surface area contributed by atoms with Crippen LogP contribution in [0.25, 0.3) is 0 Å². The largest absolute Gasteiger partial charge is 0.366 e.